The molecule has 6 heteroatoms. The molecule has 0 radical (unpaired) electrons. The molecule has 2 aromatic rings. The van der Waals surface area contributed by atoms with E-state index in [-0.39, 0.29) is 11.9 Å². The third-order valence-corrected chi connectivity index (χ3v) is 4.13. The average Bonchev–Trinajstić information content (AvgIpc) is 2.91. The molecule has 112 valence electrons. The monoisotopic (exact) mass is 287 g/mol. The molecule has 0 aliphatic carbocycles. The fourth-order valence-corrected chi connectivity index (χ4v) is 2.77. The first kappa shape index (κ1) is 14.0. The van der Waals surface area contributed by atoms with Gasteiger partial charge in [-0.15, -0.1) is 5.10 Å². The molecule has 1 fully saturated rings. The van der Waals surface area contributed by atoms with Gasteiger partial charge in [-0.3, -0.25) is 4.79 Å². The van der Waals surface area contributed by atoms with Crippen molar-refractivity contribution in [3.63, 3.8) is 0 Å². The van der Waals surface area contributed by atoms with Crippen molar-refractivity contribution in [3.05, 3.63) is 23.8 Å². The lowest BCUT2D eigenvalue weighted by Gasteiger charge is -2.29. The van der Waals surface area contributed by atoms with Crippen LogP contribution in [-0.2, 0) is 6.54 Å². The van der Waals surface area contributed by atoms with E-state index in [9.17, 15) is 4.79 Å². The molecule has 1 saturated heterocycles. The van der Waals surface area contributed by atoms with Crippen molar-refractivity contribution in [1.82, 2.24) is 25.2 Å². The average molecular weight is 287 g/mol. The summed E-state index contributed by atoms with van der Waals surface area (Å²) in [5, 5.41) is 11.3. The fourth-order valence-electron chi connectivity index (χ4n) is 2.77. The molecule has 0 bridgehead atoms. The molecule has 3 rings (SSSR count). The first-order chi connectivity index (χ1) is 10.2. The number of piperidine rings is 1. The lowest BCUT2D eigenvalue weighted by molar-refractivity contribution is 0.0917. The van der Waals surface area contributed by atoms with E-state index in [1.165, 1.54) is 0 Å². The summed E-state index contributed by atoms with van der Waals surface area (Å²) in [5.41, 5.74) is 2.39. The molecular formula is C15H21N5O. The van der Waals surface area contributed by atoms with Gasteiger partial charge in [-0.2, -0.15) is 0 Å². The number of aromatic nitrogens is 3. The maximum atomic E-state index is 12.3. The fraction of sp³-hybridized carbons (Fsp3) is 0.533. The van der Waals surface area contributed by atoms with Crippen molar-refractivity contribution in [2.24, 2.45) is 0 Å². The minimum Gasteiger partial charge on any atom is -0.349 e. The summed E-state index contributed by atoms with van der Waals surface area (Å²) < 4.78 is 1.83. The molecule has 1 N–H and O–H groups in total. The minimum atomic E-state index is -0.0162. The molecule has 1 aliphatic rings. The van der Waals surface area contributed by atoms with E-state index >= 15 is 0 Å². The molecule has 21 heavy (non-hydrogen) atoms. The molecule has 1 amide bonds. The standard InChI is InChI=1S/C15H21N5O/c1-3-20-14-5-4-11(10-13(14)17-18-20)15(21)16-12-6-8-19(2)9-7-12/h4-5,10,12H,3,6-9H2,1-2H3,(H,16,21). The predicted molar refractivity (Wildman–Crippen MR) is 81.2 cm³/mol. The van der Waals surface area contributed by atoms with Crippen LogP contribution in [0.4, 0.5) is 0 Å². The van der Waals surface area contributed by atoms with Crippen molar-refractivity contribution >= 4 is 16.9 Å². The zero-order valence-corrected chi connectivity index (χ0v) is 12.5. The summed E-state index contributed by atoms with van der Waals surface area (Å²) in [6.07, 6.45) is 2.02. The van der Waals surface area contributed by atoms with Crippen LogP contribution in [0.2, 0.25) is 0 Å². The van der Waals surface area contributed by atoms with Gasteiger partial charge in [0, 0.05) is 18.2 Å². The van der Waals surface area contributed by atoms with Crippen LogP contribution >= 0.6 is 0 Å². The Balaban J connectivity index is 1.72. The lowest BCUT2D eigenvalue weighted by atomic mass is 10.0. The third kappa shape index (κ3) is 2.90. The number of likely N-dealkylation sites (tertiary alicyclic amines) is 1. The van der Waals surface area contributed by atoms with Crippen LogP contribution in [-0.4, -0.2) is 52.0 Å². The van der Waals surface area contributed by atoms with Gasteiger partial charge in [-0.05, 0) is 58.1 Å². The van der Waals surface area contributed by atoms with Gasteiger partial charge in [-0.25, -0.2) is 4.68 Å². The van der Waals surface area contributed by atoms with Crippen LogP contribution in [0.25, 0.3) is 11.0 Å². The van der Waals surface area contributed by atoms with Crippen molar-refractivity contribution in [3.8, 4) is 0 Å². The van der Waals surface area contributed by atoms with Crippen LogP contribution in [0, 0.1) is 0 Å². The van der Waals surface area contributed by atoms with Gasteiger partial charge in [0.25, 0.3) is 5.91 Å². The second kappa shape index (κ2) is 5.81. The molecule has 1 aliphatic heterocycles. The highest BCUT2D eigenvalue weighted by Gasteiger charge is 2.19. The number of nitrogens with one attached hydrogen (secondary N) is 1. The Bertz CT molecular complexity index is 643. The summed E-state index contributed by atoms with van der Waals surface area (Å²) in [7, 11) is 2.11. The zero-order chi connectivity index (χ0) is 14.8. The second-order valence-electron chi connectivity index (χ2n) is 5.66. The highest BCUT2D eigenvalue weighted by atomic mass is 16.1. The van der Waals surface area contributed by atoms with E-state index in [1.54, 1.807) is 0 Å². The molecule has 0 unspecified atom stereocenters. The van der Waals surface area contributed by atoms with Crippen LogP contribution in [0.1, 0.15) is 30.1 Å². The number of carbonyl (C=O) groups is 1. The van der Waals surface area contributed by atoms with E-state index in [1.807, 2.05) is 29.8 Å². The maximum Gasteiger partial charge on any atom is 0.251 e. The van der Waals surface area contributed by atoms with Crippen molar-refractivity contribution < 1.29 is 4.79 Å². The maximum absolute atomic E-state index is 12.3. The summed E-state index contributed by atoms with van der Waals surface area (Å²) >= 11 is 0. The van der Waals surface area contributed by atoms with Gasteiger partial charge in [0.1, 0.15) is 5.52 Å². The number of rotatable bonds is 3. The number of nitrogens with zero attached hydrogens (tertiary/aromatic N) is 4. The normalized spacial score (nSPS) is 17.2. The SMILES string of the molecule is CCn1nnc2cc(C(=O)NC3CCN(C)CC3)ccc21. The van der Waals surface area contributed by atoms with E-state index < -0.39 is 0 Å². The molecule has 0 saturated carbocycles. The largest absolute Gasteiger partial charge is 0.349 e. The van der Waals surface area contributed by atoms with Gasteiger partial charge in [0.05, 0.1) is 5.52 Å². The molecule has 1 aromatic carbocycles. The minimum absolute atomic E-state index is 0.0162. The van der Waals surface area contributed by atoms with Crippen LogP contribution in [0.15, 0.2) is 18.2 Å². The van der Waals surface area contributed by atoms with Gasteiger partial charge in [0.2, 0.25) is 0 Å². The number of amides is 1. The van der Waals surface area contributed by atoms with E-state index in [0.717, 1.165) is 43.5 Å². The molecule has 6 nitrogen and oxygen atoms in total. The summed E-state index contributed by atoms with van der Waals surface area (Å²) in [6.45, 7) is 4.87. The topological polar surface area (TPSA) is 63.1 Å². The number of aryl methyl sites for hydroxylation is 1. The first-order valence-electron chi connectivity index (χ1n) is 7.50. The Morgan fingerprint density at radius 1 is 1.38 bits per heavy atom. The second-order valence-corrected chi connectivity index (χ2v) is 5.66. The number of carbonyl (C=O) groups excluding carboxylic acids is 1. The van der Waals surface area contributed by atoms with Crippen LogP contribution in [0.5, 0.6) is 0 Å². The van der Waals surface area contributed by atoms with Crippen LogP contribution < -0.4 is 5.32 Å². The summed E-state index contributed by atoms with van der Waals surface area (Å²) in [5.74, 6) is -0.0162. The van der Waals surface area contributed by atoms with Gasteiger partial charge in [0.15, 0.2) is 0 Å². The van der Waals surface area contributed by atoms with E-state index in [0.29, 0.717) is 5.56 Å². The number of benzene rings is 1. The van der Waals surface area contributed by atoms with Crippen LogP contribution in [0.3, 0.4) is 0 Å². The zero-order valence-electron chi connectivity index (χ0n) is 12.5. The quantitative estimate of drug-likeness (QED) is 0.923. The van der Waals surface area contributed by atoms with E-state index in [4.69, 9.17) is 0 Å². The van der Waals surface area contributed by atoms with Crippen molar-refractivity contribution in [1.29, 1.82) is 0 Å². The molecule has 1 aromatic heterocycles. The summed E-state index contributed by atoms with van der Waals surface area (Å²) in [4.78, 5) is 14.6. The first-order valence-corrected chi connectivity index (χ1v) is 7.50. The third-order valence-electron chi connectivity index (χ3n) is 4.13. The Morgan fingerprint density at radius 2 is 2.14 bits per heavy atom. The highest BCUT2D eigenvalue weighted by Crippen LogP contribution is 2.15. The Labute approximate surface area is 124 Å². The van der Waals surface area contributed by atoms with E-state index in [2.05, 4.69) is 27.6 Å². The molecule has 2 heterocycles. The van der Waals surface area contributed by atoms with Crippen molar-refractivity contribution in [2.75, 3.05) is 20.1 Å². The Hall–Kier alpha value is -1.95. The highest BCUT2D eigenvalue weighted by molar-refractivity contribution is 5.97. The molecular weight excluding hydrogens is 266 g/mol. The molecule has 0 atom stereocenters. The smallest absolute Gasteiger partial charge is 0.251 e. The van der Waals surface area contributed by atoms with Gasteiger partial charge >= 0.3 is 0 Å². The number of hydrogen-bond acceptors (Lipinski definition) is 4. The summed E-state index contributed by atoms with van der Waals surface area (Å²) in [6, 6.07) is 5.86. The number of fused-ring (bicyclic) bond motifs is 1. The van der Waals surface area contributed by atoms with Crippen molar-refractivity contribution in [2.45, 2.75) is 32.4 Å². The lowest BCUT2D eigenvalue weighted by Crippen LogP contribution is -2.43. The predicted octanol–water partition coefficient (Wildman–Crippen LogP) is 1.28. The Kier molecular flexibility index (Phi) is 3.88. The van der Waals surface area contributed by atoms with Gasteiger partial charge in [-0.1, -0.05) is 5.21 Å². The number of hydrogen-bond donors (Lipinski definition) is 1. The Morgan fingerprint density at radius 3 is 2.86 bits per heavy atom. The molecule has 0 spiro atoms. The van der Waals surface area contributed by atoms with Gasteiger partial charge < -0.3 is 10.2 Å².